The highest BCUT2D eigenvalue weighted by atomic mass is 16.2. The molecule has 1 fully saturated rings. The van der Waals surface area contributed by atoms with Gasteiger partial charge in [-0.2, -0.15) is 5.10 Å². The summed E-state index contributed by atoms with van der Waals surface area (Å²) < 4.78 is 0. The molecule has 0 saturated heterocycles. The number of carbonyl (C=O) groups excluding carboxylic acids is 1. The molecule has 2 aromatic heterocycles. The summed E-state index contributed by atoms with van der Waals surface area (Å²) >= 11 is 0. The van der Waals surface area contributed by atoms with Crippen molar-refractivity contribution in [3.63, 3.8) is 0 Å². The summed E-state index contributed by atoms with van der Waals surface area (Å²) in [5.74, 6) is 0.692. The van der Waals surface area contributed by atoms with E-state index < -0.39 is 11.5 Å². The van der Waals surface area contributed by atoms with Crippen LogP contribution in [0, 0.1) is 5.92 Å². The molecule has 6 heteroatoms. The lowest BCUT2D eigenvalue weighted by Gasteiger charge is -2.20. The van der Waals surface area contributed by atoms with Crippen LogP contribution in [0.2, 0.25) is 0 Å². The summed E-state index contributed by atoms with van der Waals surface area (Å²) in [6.45, 7) is 0. The first-order chi connectivity index (χ1) is 12.7. The second-order valence-electron chi connectivity index (χ2n) is 7.04. The molecule has 1 aromatic carbocycles. The van der Waals surface area contributed by atoms with Crippen molar-refractivity contribution in [1.82, 2.24) is 15.2 Å². The van der Waals surface area contributed by atoms with Crippen LogP contribution in [0.1, 0.15) is 48.2 Å². The Kier molecular flexibility index (Phi) is 4.56. The van der Waals surface area contributed by atoms with Crippen LogP contribution in [0.5, 0.6) is 0 Å². The van der Waals surface area contributed by atoms with E-state index in [9.17, 15) is 9.59 Å². The predicted octanol–water partition coefficient (Wildman–Crippen LogP) is 3.63. The normalized spacial score (nSPS) is 15.2. The fraction of sp³-hybridized carbons (Fsp3) is 0.350. The Labute approximate surface area is 151 Å². The Morgan fingerprint density at radius 2 is 1.96 bits per heavy atom. The van der Waals surface area contributed by atoms with E-state index in [1.54, 1.807) is 6.07 Å². The molecular weight excluding hydrogens is 328 g/mol. The molecule has 1 saturated carbocycles. The number of carbonyl (C=O) groups is 1. The van der Waals surface area contributed by atoms with E-state index in [1.807, 2.05) is 30.3 Å². The van der Waals surface area contributed by atoms with Crippen molar-refractivity contribution in [2.24, 2.45) is 5.92 Å². The zero-order valence-corrected chi connectivity index (χ0v) is 14.5. The Morgan fingerprint density at radius 1 is 1.15 bits per heavy atom. The van der Waals surface area contributed by atoms with Crippen molar-refractivity contribution in [2.75, 3.05) is 5.32 Å². The van der Waals surface area contributed by atoms with Crippen LogP contribution in [0.3, 0.4) is 0 Å². The molecule has 0 atom stereocenters. The van der Waals surface area contributed by atoms with E-state index >= 15 is 0 Å². The summed E-state index contributed by atoms with van der Waals surface area (Å²) in [6.07, 6.45) is 7.40. The van der Waals surface area contributed by atoms with Crippen LogP contribution < -0.4 is 10.9 Å². The van der Waals surface area contributed by atoms with Crippen LogP contribution in [-0.2, 0) is 6.42 Å². The van der Waals surface area contributed by atoms with Crippen LogP contribution in [0.15, 0.2) is 41.2 Å². The fourth-order valence-corrected chi connectivity index (χ4v) is 3.73. The SMILES string of the molecule is O=C(Nc1cc(CC2CCCCC2)[nH]n1)c1cc2ccccc2[nH]c1=O. The van der Waals surface area contributed by atoms with E-state index in [1.165, 1.54) is 32.1 Å². The maximum atomic E-state index is 12.5. The third-order valence-electron chi connectivity index (χ3n) is 5.10. The van der Waals surface area contributed by atoms with Gasteiger partial charge in [-0.15, -0.1) is 0 Å². The number of fused-ring (bicyclic) bond motifs is 1. The number of nitrogens with one attached hydrogen (secondary N) is 3. The number of H-pyrrole nitrogens is 2. The number of aromatic nitrogens is 3. The summed E-state index contributed by atoms with van der Waals surface area (Å²) in [4.78, 5) is 27.4. The minimum absolute atomic E-state index is 0.0838. The second-order valence-corrected chi connectivity index (χ2v) is 7.04. The lowest BCUT2D eigenvalue weighted by molar-refractivity contribution is 0.102. The lowest BCUT2D eigenvalue weighted by atomic mass is 9.86. The van der Waals surface area contributed by atoms with Gasteiger partial charge < -0.3 is 10.3 Å². The molecule has 1 aliphatic rings. The molecule has 0 bridgehead atoms. The lowest BCUT2D eigenvalue weighted by Crippen LogP contribution is -2.23. The molecule has 1 aliphatic carbocycles. The van der Waals surface area contributed by atoms with Gasteiger partial charge in [0, 0.05) is 17.3 Å². The first-order valence-electron chi connectivity index (χ1n) is 9.17. The summed E-state index contributed by atoms with van der Waals surface area (Å²) in [5, 5.41) is 10.7. The second kappa shape index (κ2) is 7.15. The Morgan fingerprint density at radius 3 is 2.81 bits per heavy atom. The summed E-state index contributed by atoms with van der Waals surface area (Å²) in [5.41, 5.74) is 1.42. The first-order valence-corrected chi connectivity index (χ1v) is 9.17. The average molecular weight is 350 g/mol. The Hall–Kier alpha value is -2.89. The number of nitrogens with zero attached hydrogens (tertiary/aromatic N) is 1. The Balaban J connectivity index is 1.48. The van der Waals surface area contributed by atoms with E-state index in [4.69, 9.17) is 0 Å². The highest BCUT2D eigenvalue weighted by molar-refractivity contribution is 6.05. The van der Waals surface area contributed by atoms with Crippen molar-refractivity contribution in [2.45, 2.75) is 38.5 Å². The van der Waals surface area contributed by atoms with Gasteiger partial charge in [-0.3, -0.25) is 14.7 Å². The molecule has 4 rings (SSSR count). The van der Waals surface area contributed by atoms with Gasteiger partial charge >= 0.3 is 0 Å². The molecule has 1 amide bonds. The van der Waals surface area contributed by atoms with Crippen molar-refractivity contribution >= 4 is 22.6 Å². The monoisotopic (exact) mass is 350 g/mol. The maximum Gasteiger partial charge on any atom is 0.262 e. The Bertz CT molecular complexity index is 983. The predicted molar refractivity (Wildman–Crippen MR) is 101 cm³/mol. The maximum absolute atomic E-state index is 12.5. The topological polar surface area (TPSA) is 90.6 Å². The molecule has 26 heavy (non-hydrogen) atoms. The number of benzene rings is 1. The van der Waals surface area contributed by atoms with Gasteiger partial charge in [0.05, 0.1) is 0 Å². The molecule has 0 aliphatic heterocycles. The van der Waals surface area contributed by atoms with Crippen molar-refractivity contribution in [3.8, 4) is 0 Å². The van der Waals surface area contributed by atoms with E-state index in [2.05, 4.69) is 20.5 Å². The number of rotatable bonds is 4. The van der Waals surface area contributed by atoms with Gasteiger partial charge in [-0.25, -0.2) is 0 Å². The number of anilines is 1. The van der Waals surface area contributed by atoms with Crippen LogP contribution in [0.25, 0.3) is 10.9 Å². The smallest absolute Gasteiger partial charge is 0.262 e. The van der Waals surface area contributed by atoms with Crippen LogP contribution in [0.4, 0.5) is 5.82 Å². The number of para-hydroxylation sites is 1. The van der Waals surface area contributed by atoms with Crippen molar-refractivity contribution < 1.29 is 4.79 Å². The van der Waals surface area contributed by atoms with Gasteiger partial charge in [-0.1, -0.05) is 50.3 Å². The van der Waals surface area contributed by atoms with Gasteiger partial charge in [-0.05, 0) is 29.9 Å². The largest absolute Gasteiger partial charge is 0.321 e. The summed E-state index contributed by atoms with van der Waals surface area (Å²) in [6, 6.07) is 10.9. The molecule has 6 nitrogen and oxygen atoms in total. The van der Waals surface area contributed by atoms with Gasteiger partial charge in [0.1, 0.15) is 5.56 Å². The molecule has 0 unspecified atom stereocenters. The van der Waals surface area contributed by atoms with Crippen molar-refractivity contribution in [3.05, 3.63) is 58.0 Å². The van der Waals surface area contributed by atoms with Crippen molar-refractivity contribution in [1.29, 1.82) is 0 Å². The number of pyridine rings is 1. The summed E-state index contributed by atoms with van der Waals surface area (Å²) in [7, 11) is 0. The van der Waals surface area contributed by atoms with Gasteiger partial charge in [0.15, 0.2) is 5.82 Å². The fourth-order valence-electron chi connectivity index (χ4n) is 3.73. The third-order valence-corrected chi connectivity index (χ3v) is 5.10. The molecular formula is C20H22N4O2. The minimum atomic E-state index is -0.451. The zero-order chi connectivity index (χ0) is 17.9. The first kappa shape index (κ1) is 16.6. The molecule has 134 valence electrons. The third kappa shape index (κ3) is 3.54. The number of aromatic amines is 2. The van der Waals surface area contributed by atoms with Crippen LogP contribution in [-0.4, -0.2) is 21.1 Å². The quantitative estimate of drug-likeness (QED) is 0.671. The number of amides is 1. The van der Waals surface area contributed by atoms with Crippen LogP contribution >= 0.6 is 0 Å². The molecule has 3 aromatic rings. The van der Waals surface area contributed by atoms with E-state index in [0.717, 1.165) is 17.5 Å². The number of hydrogen-bond donors (Lipinski definition) is 3. The molecule has 2 heterocycles. The van der Waals surface area contributed by atoms with E-state index in [-0.39, 0.29) is 5.56 Å². The van der Waals surface area contributed by atoms with Gasteiger partial charge in [0.25, 0.3) is 11.5 Å². The van der Waals surface area contributed by atoms with E-state index in [0.29, 0.717) is 17.3 Å². The average Bonchev–Trinajstić information content (AvgIpc) is 3.08. The van der Waals surface area contributed by atoms with Gasteiger partial charge in [0.2, 0.25) is 0 Å². The highest BCUT2D eigenvalue weighted by Gasteiger charge is 2.17. The standard InChI is InChI=1S/C20H22N4O2/c25-19-16(11-14-8-4-5-9-17(14)21-19)20(26)22-18-12-15(23-24-18)10-13-6-2-1-3-7-13/h4-5,8-9,11-13H,1-3,6-7,10H2,(H,21,25)(H2,22,23,24,26). The highest BCUT2D eigenvalue weighted by Crippen LogP contribution is 2.26. The minimum Gasteiger partial charge on any atom is -0.321 e. The molecule has 0 spiro atoms. The zero-order valence-electron chi connectivity index (χ0n) is 14.5. The molecule has 3 N–H and O–H groups in total. The number of hydrogen-bond acceptors (Lipinski definition) is 3. The molecule has 0 radical (unpaired) electrons.